The van der Waals surface area contributed by atoms with Crippen molar-refractivity contribution in [1.29, 1.82) is 0 Å². The minimum absolute atomic E-state index is 0.0347. The molecule has 0 bridgehead atoms. The molecule has 0 aliphatic heterocycles. The normalized spacial score (nSPS) is 10.9. The molecule has 0 spiro atoms. The predicted molar refractivity (Wildman–Crippen MR) is 83.8 cm³/mol. The highest BCUT2D eigenvalue weighted by Gasteiger charge is 2.10. The number of carbonyl (C=O) groups excluding carboxylic acids is 1. The van der Waals surface area contributed by atoms with Crippen LogP contribution in [0.2, 0.25) is 0 Å². The van der Waals surface area contributed by atoms with Gasteiger partial charge in [0, 0.05) is 16.8 Å². The van der Waals surface area contributed by atoms with Crippen LogP contribution >= 0.6 is 38.6 Å². The van der Waals surface area contributed by atoms with Gasteiger partial charge in [-0.2, -0.15) is 0 Å². The number of rotatable bonds is 5. The molecule has 0 atom stereocenters. The summed E-state index contributed by atoms with van der Waals surface area (Å²) in [5.74, 6) is -0.0347. The first-order valence-electron chi connectivity index (χ1n) is 5.67. The van der Waals surface area contributed by atoms with Crippen LogP contribution in [0, 0.1) is 6.92 Å². The molecule has 1 N–H and O–H groups in total. The van der Waals surface area contributed by atoms with Crippen LogP contribution in [0.15, 0.2) is 21.3 Å². The lowest BCUT2D eigenvalue weighted by Gasteiger charge is -2.14. The fraction of sp³-hybridized carbons (Fsp3) is 0.333. The number of aromatic nitrogens is 1. The summed E-state index contributed by atoms with van der Waals surface area (Å²) in [5, 5.41) is 5.39. The van der Waals surface area contributed by atoms with Gasteiger partial charge in [0.1, 0.15) is 0 Å². The molecule has 2 aromatic rings. The Balaban J connectivity index is 1.81. The van der Waals surface area contributed by atoms with Crippen LogP contribution in [-0.2, 0) is 11.3 Å². The van der Waals surface area contributed by atoms with Crippen LogP contribution in [0.1, 0.15) is 10.6 Å². The van der Waals surface area contributed by atoms with E-state index in [0.717, 1.165) is 16.0 Å². The van der Waals surface area contributed by atoms with Crippen molar-refractivity contribution in [3.8, 4) is 0 Å². The maximum Gasteiger partial charge on any atom is 0.240 e. The Morgan fingerprint density at radius 1 is 1.53 bits per heavy atom. The van der Waals surface area contributed by atoms with Crippen molar-refractivity contribution in [3.05, 3.63) is 31.9 Å². The van der Waals surface area contributed by atoms with Crippen molar-refractivity contribution in [2.24, 2.45) is 0 Å². The molecule has 7 heteroatoms. The lowest BCUT2D eigenvalue weighted by atomic mass is 10.4. The van der Waals surface area contributed by atoms with E-state index < -0.39 is 0 Å². The first kappa shape index (κ1) is 14.6. The van der Waals surface area contributed by atoms with Gasteiger partial charge in [0.05, 0.1) is 16.0 Å². The van der Waals surface area contributed by atoms with Crippen molar-refractivity contribution in [2.45, 2.75) is 13.5 Å². The average Bonchev–Trinajstić information content (AvgIpc) is 2.87. The van der Waals surface area contributed by atoms with Gasteiger partial charge in [-0.1, -0.05) is 0 Å². The Morgan fingerprint density at radius 2 is 2.32 bits per heavy atom. The minimum atomic E-state index is -0.0347. The van der Waals surface area contributed by atoms with E-state index in [4.69, 9.17) is 0 Å². The SMILES string of the molecule is Cc1csc(NC(=O)CN(C)Cc2ccc(Br)s2)n1. The van der Waals surface area contributed by atoms with Gasteiger partial charge in [0.15, 0.2) is 5.13 Å². The number of hydrogen-bond donors (Lipinski definition) is 1. The third-order valence-corrected chi connectivity index (χ3v) is 4.82. The second kappa shape index (κ2) is 6.60. The fourth-order valence-electron chi connectivity index (χ4n) is 1.57. The summed E-state index contributed by atoms with van der Waals surface area (Å²) >= 11 is 6.56. The smallest absolute Gasteiger partial charge is 0.240 e. The summed E-state index contributed by atoms with van der Waals surface area (Å²) < 4.78 is 1.11. The topological polar surface area (TPSA) is 45.2 Å². The van der Waals surface area contributed by atoms with Crippen molar-refractivity contribution in [1.82, 2.24) is 9.88 Å². The highest BCUT2D eigenvalue weighted by atomic mass is 79.9. The molecule has 2 aromatic heterocycles. The number of thiazole rings is 1. The molecule has 0 aliphatic rings. The second-order valence-corrected chi connectivity index (χ2v) is 7.63. The monoisotopic (exact) mass is 359 g/mol. The Labute approximate surface area is 128 Å². The van der Waals surface area contributed by atoms with Gasteiger partial charge in [0.2, 0.25) is 5.91 Å². The number of carbonyl (C=O) groups is 1. The van der Waals surface area contributed by atoms with E-state index in [2.05, 4.69) is 32.3 Å². The van der Waals surface area contributed by atoms with Gasteiger partial charge in [-0.15, -0.1) is 22.7 Å². The van der Waals surface area contributed by atoms with Crippen molar-refractivity contribution < 1.29 is 4.79 Å². The molecule has 0 unspecified atom stereocenters. The molecular formula is C12H14BrN3OS2. The molecule has 0 saturated carbocycles. The van der Waals surface area contributed by atoms with Crippen LogP contribution in [-0.4, -0.2) is 29.4 Å². The molecule has 2 rings (SSSR count). The van der Waals surface area contributed by atoms with Gasteiger partial charge >= 0.3 is 0 Å². The fourth-order valence-corrected chi connectivity index (χ4v) is 3.84. The number of anilines is 1. The number of nitrogens with zero attached hydrogens (tertiary/aromatic N) is 2. The zero-order valence-corrected chi connectivity index (χ0v) is 13.9. The molecule has 19 heavy (non-hydrogen) atoms. The number of amides is 1. The van der Waals surface area contributed by atoms with Gasteiger partial charge in [-0.05, 0) is 42.0 Å². The molecule has 4 nitrogen and oxygen atoms in total. The number of likely N-dealkylation sites (N-methyl/N-ethyl adjacent to an activating group) is 1. The summed E-state index contributed by atoms with van der Waals surface area (Å²) in [6, 6.07) is 4.08. The lowest BCUT2D eigenvalue weighted by Crippen LogP contribution is -2.29. The number of aryl methyl sites for hydroxylation is 1. The summed E-state index contributed by atoms with van der Waals surface area (Å²) in [4.78, 5) is 19.3. The predicted octanol–water partition coefficient (Wildman–Crippen LogP) is 3.35. The van der Waals surface area contributed by atoms with E-state index in [-0.39, 0.29) is 5.91 Å². The molecule has 0 aromatic carbocycles. The van der Waals surface area contributed by atoms with Crippen LogP contribution in [0.25, 0.3) is 0 Å². The van der Waals surface area contributed by atoms with Gasteiger partial charge in [-0.25, -0.2) is 4.98 Å². The largest absolute Gasteiger partial charge is 0.301 e. The molecule has 0 fully saturated rings. The molecule has 2 heterocycles. The number of hydrogen-bond acceptors (Lipinski definition) is 5. The molecule has 0 saturated heterocycles. The maximum atomic E-state index is 11.8. The first-order valence-corrected chi connectivity index (χ1v) is 8.16. The van der Waals surface area contributed by atoms with E-state index in [1.807, 2.05) is 30.3 Å². The zero-order valence-electron chi connectivity index (χ0n) is 10.6. The highest BCUT2D eigenvalue weighted by Crippen LogP contribution is 2.23. The standard InChI is InChI=1S/C12H14BrN3OS2/c1-8-7-18-12(14-8)15-11(17)6-16(2)5-9-3-4-10(13)19-9/h3-4,7H,5-6H2,1-2H3,(H,14,15,17). The van der Waals surface area contributed by atoms with Gasteiger partial charge in [-0.3, -0.25) is 9.69 Å². The summed E-state index contributed by atoms with van der Waals surface area (Å²) in [6.45, 7) is 3.03. The molecular weight excluding hydrogens is 346 g/mol. The van der Waals surface area contributed by atoms with Gasteiger partial charge in [0.25, 0.3) is 0 Å². The Morgan fingerprint density at radius 3 is 2.89 bits per heavy atom. The van der Waals surface area contributed by atoms with Crippen LogP contribution in [0.3, 0.4) is 0 Å². The molecule has 1 amide bonds. The van der Waals surface area contributed by atoms with E-state index in [0.29, 0.717) is 11.7 Å². The van der Waals surface area contributed by atoms with E-state index in [1.165, 1.54) is 16.2 Å². The second-order valence-electron chi connectivity index (χ2n) is 4.22. The number of nitrogens with one attached hydrogen (secondary N) is 1. The Kier molecular flexibility index (Phi) is 5.09. The van der Waals surface area contributed by atoms with E-state index in [1.54, 1.807) is 11.3 Å². The third-order valence-electron chi connectivity index (χ3n) is 2.33. The quantitative estimate of drug-likeness (QED) is 0.890. The minimum Gasteiger partial charge on any atom is -0.301 e. The van der Waals surface area contributed by atoms with Crippen LogP contribution in [0.5, 0.6) is 0 Å². The summed E-state index contributed by atoms with van der Waals surface area (Å²) in [5.41, 5.74) is 0.928. The number of thiophene rings is 1. The van der Waals surface area contributed by atoms with Crippen molar-refractivity contribution in [3.63, 3.8) is 0 Å². The summed E-state index contributed by atoms with van der Waals surface area (Å²) in [7, 11) is 1.93. The first-order chi connectivity index (χ1) is 9.02. The van der Waals surface area contributed by atoms with Crippen LogP contribution < -0.4 is 5.32 Å². The van der Waals surface area contributed by atoms with E-state index in [9.17, 15) is 4.79 Å². The highest BCUT2D eigenvalue weighted by molar-refractivity contribution is 9.11. The third kappa shape index (κ3) is 4.68. The van der Waals surface area contributed by atoms with Crippen LogP contribution in [0.4, 0.5) is 5.13 Å². The Hall–Kier alpha value is -0.760. The number of halogens is 1. The average molecular weight is 360 g/mol. The van der Waals surface area contributed by atoms with Gasteiger partial charge < -0.3 is 5.32 Å². The summed E-state index contributed by atoms with van der Waals surface area (Å²) in [6.07, 6.45) is 0. The molecule has 0 radical (unpaired) electrons. The molecule has 102 valence electrons. The maximum absolute atomic E-state index is 11.8. The lowest BCUT2D eigenvalue weighted by molar-refractivity contribution is -0.117. The molecule has 0 aliphatic carbocycles. The zero-order chi connectivity index (χ0) is 13.8. The van der Waals surface area contributed by atoms with E-state index >= 15 is 0 Å². The van der Waals surface area contributed by atoms with Crippen molar-refractivity contribution in [2.75, 3.05) is 18.9 Å². The Bertz CT molecular complexity index is 567. The van der Waals surface area contributed by atoms with Crippen molar-refractivity contribution >= 4 is 49.6 Å².